The van der Waals surface area contributed by atoms with Crippen LogP contribution in [0, 0.1) is 11.8 Å². The molecule has 0 aromatic carbocycles. The van der Waals surface area contributed by atoms with Gasteiger partial charge in [-0.2, -0.15) is 0 Å². The van der Waals surface area contributed by atoms with Crippen LogP contribution >= 0.6 is 0 Å². The highest BCUT2D eigenvalue weighted by molar-refractivity contribution is 5.10. The van der Waals surface area contributed by atoms with Crippen molar-refractivity contribution in [1.82, 2.24) is 0 Å². The van der Waals surface area contributed by atoms with Gasteiger partial charge in [-0.25, -0.2) is 0 Å². The van der Waals surface area contributed by atoms with Gasteiger partial charge in [0.2, 0.25) is 0 Å². The van der Waals surface area contributed by atoms with Crippen molar-refractivity contribution in [3.8, 4) is 0 Å². The van der Waals surface area contributed by atoms with E-state index in [9.17, 15) is 0 Å². The molecular weight excluding hydrogens is 220 g/mol. The second-order valence-electron chi connectivity index (χ2n) is 4.84. The third-order valence-corrected chi connectivity index (χ3v) is 3.36. The molecule has 0 spiro atoms. The van der Waals surface area contributed by atoms with Gasteiger partial charge >= 0.3 is 0 Å². The van der Waals surface area contributed by atoms with Gasteiger partial charge < -0.3 is 11.8 Å². The van der Waals surface area contributed by atoms with Crippen LogP contribution in [0.3, 0.4) is 0 Å². The van der Waals surface area contributed by atoms with Crippen LogP contribution in [0.1, 0.15) is 65.2 Å². The van der Waals surface area contributed by atoms with Gasteiger partial charge in [0.15, 0.2) is 0 Å². The highest BCUT2D eigenvalue weighted by Gasteiger charge is 2.14. The van der Waals surface area contributed by atoms with Crippen molar-refractivity contribution >= 4 is 0 Å². The first-order valence-corrected chi connectivity index (χ1v) is 7.34. The third kappa shape index (κ3) is 7.29. The Bertz CT molecular complexity index is 264. The number of allylic oxidation sites excluding steroid dienone is 3. The first-order valence-electron chi connectivity index (χ1n) is 7.34. The minimum atomic E-state index is 1.29. The molecule has 0 aromatic rings. The van der Waals surface area contributed by atoms with E-state index < -0.39 is 0 Å². The number of nitrogens with zero attached hydrogens (tertiary/aromatic N) is 1. The van der Waals surface area contributed by atoms with Crippen LogP contribution in [0.4, 0.5) is 0 Å². The van der Waals surface area contributed by atoms with Gasteiger partial charge in [-0.1, -0.05) is 39.5 Å². The Morgan fingerprint density at radius 1 is 1.00 bits per heavy atom. The Morgan fingerprint density at radius 2 is 1.67 bits per heavy atom. The van der Waals surface area contributed by atoms with Crippen LogP contribution in [0.15, 0.2) is 24.0 Å². The molecule has 0 amide bonds. The van der Waals surface area contributed by atoms with E-state index in [0.29, 0.717) is 0 Å². The summed E-state index contributed by atoms with van der Waals surface area (Å²) in [5.41, 5.74) is 1.61. The van der Waals surface area contributed by atoms with E-state index in [4.69, 9.17) is 11.8 Å². The van der Waals surface area contributed by atoms with E-state index in [2.05, 4.69) is 32.2 Å². The maximum atomic E-state index is 6.25. The van der Waals surface area contributed by atoms with Gasteiger partial charge in [-0.05, 0) is 25.3 Å². The van der Waals surface area contributed by atoms with Crippen LogP contribution in [0.5, 0.6) is 0 Å². The summed E-state index contributed by atoms with van der Waals surface area (Å²) in [6.45, 7) is 10.6. The molecule has 2 heteroatoms. The summed E-state index contributed by atoms with van der Waals surface area (Å²) >= 11 is 0. The molecular formula is C16H28N2. The van der Waals surface area contributed by atoms with Gasteiger partial charge in [0.25, 0.3) is 0 Å². The second kappa shape index (κ2) is 12.4. The van der Waals surface area contributed by atoms with Crippen molar-refractivity contribution in [2.24, 2.45) is 0 Å². The van der Waals surface area contributed by atoms with Crippen LogP contribution in [0.25, 0.3) is 0 Å². The number of nitrogens with one attached hydrogen (secondary N) is 1. The van der Waals surface area contributed by atoms with E-state index in [1.165, 1.54) is 57.9 Å². The van der Waals surface area contributed by atoms with Gasteiger partial charge in [-0.15, -0.1) is 0 Å². The lowest BCUT2D eigenvalue weighted by Gasteiger charge is -2.14. The molecule has 18 heavy (non-hydrogen) atoms. The van der Waals surface area contributed by atoms with Gasteiger partial charge in [0.1, 0.15) is 5.70 Å². The van der Waals surface area contributed by atoms with E-state index in [1.54, 1.807) is 10.6 Å². The molecule has 1 unspecified atom stereocenters. The second-order valence-corrected chi connectivity index (χ2v) is 4.84. The summed E-state index contributed by atoms with van der Waals surface area (Å²) in [5, 5.41) is 6.25. The number of hydrogen-bond donors (Lipinski definition) is 1. The summed E-state index contributed by atoms with van der Waals surface area (Å²) in [7, 11) is 0. The summed E-state index contributed by atoms with van der Waals surface area (Å²) in [5.74, 6) is 0. The Hall–Kier alpha value is -1.07. The van der Waals surface area contributed by atoms with Gasteiger partial charge in [0, 0.05) is 12.5 Å². The predicted molar refractivity (Wildman–Crippen MR) is 76.3 cm³/mol. The molecule has 0 saturated carbocycles. The molecule has 102 valence electrons. The molecule has 0 aromatic heterocycles. The summed E-state index contributed by atoms with van der Waals surface area (Å²) in [6.07, 6.45) is 17.8. The fourth-order valence-electron chi connectivity index (χ4n) is 2.27. The zero-order valence-electron chi connectivity index (χ0n) is 12.0. The van der Waals surface area contributed by atoms with Crippen molar-refractivity contribution in [3.05, 3.63) is 30.6 Å². The van der Waals surface area contributed by atoms with Crippen LogP contribution in [0.2, 0.25) is 0 Å². The van der Waals surface area contributed by atoms with Crippen molar-refractivity contribution in [2.75, 3.05) is 6.54 Å². The monoisotopic (exact) mass is 248 g/mol. The molecule has 1 atom stereocenters. The third-order valence-electron chi connectivity index (χ3n) is 3.36. The summed E-state index contributed by atoms with van der Waals surface area (Å²) in [6, 6.07) is 0. The van der Waals surface area contributed by atoms with Crippen LogP contribution in [-0.4, -0.2) is 6.54 Å². The molecule has 1 aliphatic heterocycles. The number of hydrogen-bond acceptors (Lipinski definition) is 1. The molecule has 0 saturated heterocycles. The van der Waals surface area contributed by atoms with E-state index in [1.807, 2.05) is 0 Å². The Kier molecular flexibility index (Phi) is 11.7. The number of rotatable bonds is 9. The highest BCUT2D eigenvalue weighted by atomic mass is 15.1. The molecule has 2 nitrogen and oxygen atoms in total. The molecule has 1 rings (SSSR count). The molecule has 0 aliphatic carbocycles. The van der Waals surface area contributed by atoms with Gasteiger partial charge in [0.05, 0.1) is 12.7 Å². The minimum absolute atomic E-state index is 1.29. The SMILES string of the molecule is CCCCCCC[NH+]1C=CC=C1CCCC.[C-]#N. The standard InChI is InChI=1S/C15H27N.CN/c1-3-5-7-8-9-13-16-14-10-12-15(16)11-6-4-2;1-2/h10,12,14H,3-9,11,13H2,1-2H3;/q;-1/p+1. The molecule has 0 radical (unpaired) electrons. The van der Waals surface area contributed by atoms with Gasteiger partial charge in [-0.3, -0.25) is 4.90 Å². The van der Waals surface area contributed by atoms with Crippen molar-refractivity contribution in [2.45, 2.75) is 65.2 Å². The van der Waals surface area contributed by atoms with Crippen molar-refractivity contribution in [3.63, 3.8) is 0 Å². The van der Waals surface area contributed by atoms with E-state index in [-0.39, 0.29) is 0 Å². The first-order chi connectivity index (χ1) is 8.88. The lowest BCUT2D eigenvalue weighted by atomic mass is 10.1. The quantitative estimate of drug-likeness (QED) is 0.490. The van der Waals surface area contributed by atoms with E-state index >= 15 is 0 Å². The molecule has 0 fully saturated rings. The molecule has 1 N–H and O–H groups in total. The Balaban J connectivity index is 0.00000137. The fourth-order valence-corrected chi connectivity index (χ4v) is 2.27. The zero-order valence-corrected chi connectivity index (χ0v) is 12.0. The lowest BCUT2D eigenvalue weighted by molar-refractivity contribution is -0.804. The van der Waals surface area contributed by atoms with Crippen LogP contribution in [-0.2, 0) is 0 Å². The maximum absolute atomic E-state index is 6.25. The topological polar surface area (TPSA) is 28.2 Å². The van der Waals surface area contributed by atoms with E-state index in [0.717, 1.165) is 0 Å². The highest BCUT2D eigenvalue weighted by Crippen LogP contribution is 2.05. The largest absolute Gasteiger partial charge is 0.512 e. The van der Waals surface area contributed by atoms with Crippen molar-refractivity contribution < 1.29 is 4.90 Å². The number of quaternary nitrogens is 1. The average Bonchev–Trinajstić information content (AvgIpc) is 2.86. The molecule has 1 aliphatic rings. The smallest absolute Gasteiger partial charge is 0.112 e. The van der Waals surface area contributed by atoms with Crippen molar-refractivity contribution in [1.29, 1.82) is 5.26 Å². The minimum Gasteiger partial charge on any atom is -0.512 e. The number of unbranched alkanes of at least 4 members (excludes halogenated alkanes) is 5. The normalized spacial score (nSPS) is 17.1. The Morgan fingerprint density at radius 3 is 2.33 bits per heavy atom. The Labute approximate surface area is 113 Å². The molecule has 1 heterocycles. The summed E-state index contributed by atoms with van der Waals surface area (Å²) < 4.78 is 0. The first kappa shape index (κ1) is 16.9. The fraction of sp³-hybridized carbons (Fsp3) is 0.688. The molecule has 0 bridgehead atoms. The average molecular weight is 248 g/mol. The van der Waals surface area contributed by atoms with Crippen LogP contribution < -0.4 is 4.90 Å². The maximum Gasteiger partial charge on any atom is 0.112 e. The summed E-state index contributed by atoms with van der Waals surface area (Å²) in [4.78, 5) is 1.62. The zero-order chi connectivity index (χ0) is 13.6. The predicted octanol–water partition coefficient (Wildman–Crippen LogP) is 3.54. The lowest BCUT2D eigenvalue weighted by Crippen LogP contribution is -3.04.